The Labute approximate surface area is 157 Å². The number of pyridine rings is 2. The van der Waals surface area contributed by atoms with E-state index >= 15 is 0 Å². The lowest BCUT2D eigenvalue weighted by molar-refractivity contribution is -0.716. The molecule has 2 unspecified atom stereocenters. The summed E-state index contributed by atoms with van der Waals surface area (Å²) in [6.07, 6.45) is 5.51. The summed E-state index contributed by atoms with van der Waals surface area (Å²) in [4.78, 5) is 21.2. The maximum absolute atomic E-state index is 10.6. The van der Waals surface area contributed by atoms with Gasteiger partial charge in [0, 0.05) is 37.1 Å². The van der Waals surface area contributed by atoms with E-state index in [0.29, 0.717) is 0 Å². The van der Waals surface area contributed by atoms with E-state index in [0.717, 1.165) is 24.2 Å². The lowest BCUT2D eigenvalue weighted by Crippen LogP contribution is -2.42. The van der Waals surface area contributed by atoms with Crippen molar-refractivity contribution in [1.82, 2.24) is 0 Å². The van der Waals surface area contributed by atoms with Crippen LogP contribution >= 0.6 is 31.9 Å². The Kier molecular flexibility index (Phi) is 7.58. The number of rotatable bonds is 9. The van der Waals surface area contributed by atoms with Gasteiger partial charge < -0.3 is 0 Å². The van der Waals surface area contributed by atoms with Crippen LogP contribution in [0.3, 0.4) is 0 Å². The highest BCUT2D eigenvalue weighted by atomic mass is 79.9. The summed E-state index contributed by atoms with van der Waals surface area (Å²) in [6.45, 7) is 0.284. The van der Waals surface area contributed by atoms with Crippen LogP contribution in [0.5, 0.6) is 0 Å². The topological polar surface area (TPSA) is 66.6 Å². The number of halogens is 2. The molecule has 0 aromatic carbocycles. The van der Waals surface area contributed by atoms with Gasteiger partial charge in [0.1, 0.15) is 0 Å². The Balaban J connectivity index is 2.05. The van der Waals surface area contributed by atoms with Crippen LogP contribution < -0.4 is 9.13 Å². The fourth-order valence-electron chi connectivity index (χ4n) is 2.48. The van der Waals surface area contributed by atoms with Gasteiger partial charge in [-0.3, -0.25) is 0 Å². The van der Waals surface area contributed by atoms with Crippen LogP contribution in [0.25, 0.3) is 0 Å². The SMILES string of the molecule is O=NCc1cccc[n+]1C(Br)CCC(Br)[n+]1ccccc1CN=O. The van der Waals surface area contributed by atoms with Gasteiger partial charge in [-0.05, 0) is 31.9 Å². The van der Waals surface area contributed by atoms with Crippen LogP contribution in [0.4, 0.5) is 0 Å². The molecule has 0 saturated carbocycles. The first kappa shape index (κ1) is 18.8. The molecule has 0 spiro atoms. The van der Waals surface area contributed by atoms with Gasteiger partial charge in [0.2, 0.25) is 21.3 Å². The minimum Gasteiger partial charge on any atom is -0.188 e. The maximum Gasteiger partial charge on any atom is 0.212 e. The Morgan fingerprint density at radius 1 is 0.792 bits per heavy atom. The smallest absolute Gasteiger partial charge is 0.188 e. The van der Waals surface area contributed by atoms with Crippen molar-refractivity contribution in [1.29, 1.82) is 0 Å². The second-order valence-electron chi connectivity index (χ2n) is 5.22. The molecule has 2 aromatic rings. The summed E-state index contributed by atoms with van der Waals surface area (Å²) >= 11 is 7.36. The third kappa shape index (κ3) is 4.98. The van der Waals surface area contributed by atoms with Crippen molar-refractivity contribution in [2.75, 3.05) is 0 Å². The molecule has 6 nitrogen and oxygen atoms in total. The molecule has 8 heteroatoms. The third-order valence-corrected chi connectivity index (χ3v) is 5.45. The van der Waals surface area contributed by atoms with E-state index in [1.54, 1.807) is 0 Å². The Hall–Kier alpha value is -1.54. The van der Waals surface area contributed by atoms with Crippen LogP contribution in [-0.2, 0) is 13.1 Å². The maximum atomic E-state index is 10.6. The van der Waals surface area contributed by atoms with Gasteiger partial charge >= 0.3 is 0 Å². The van der Waals surface area contributed by atoms with Gasteiger partial charge in [-0.25, -0.2) is 0 Å². The van der Waals surface area contributed by atoms with E-state index in [1.165, 1.54) is 0 Å². The molecule has 0 bridgehead atoms. The van der Waals surface area contributed by atoms with Crippen molar-refractivity contribution in [2.45, 2.75) is 35.8 Å². The molecule has 0 aliphatic heterocycles. The molecule has 2 atom stereocenters. The second-order valence-corrected chi connectivity index (χ2v) is 7.33. The first-order valence-corrected chi connectivity index (χ1v) is 9.35. The molecular formula is C16H18Br2N4O2+2. The summed E-state index contributed by atoms with van der Waals surface area (Å²) in [5.74, 6) is 0. The Bertz CT molecular complexity index is 640. The summed E-state index contributed by atoms with van der Waals surface area (Å²) in [7, 11) is 0. The van der Waals surface area contributed by atoms with E-state index in [-0.39, 0.29) is 23.0 Å². The highest BCUT2D eigenvalue weighted by Gasteiger charge is 2.25. The zero-order chi connectivity index (χ0) is 17.4. The number of aromatic nitrogens is 2. The van der Waals surface area contributed by atoms with E-state index in [1.807, 2.05) is 57.9 Å². The largest absolute Gasteiger partial charge is 0.212 e. The van der Waals surface area contributed by atoms with E-state index in [2.05, 4.69) is 42.2 Å². The summed E-state index contributed by atoms with van der Waals surface area (Å²) in [6, 6.07) is 11.4. The summed E-state index contributed by atoms with van der Waals surface area (Å²) in [5.41, 5.74) is 1.72. The fourth-order valence-corrected chi connectivity index (χ4v) is 3.81. The number of hydrogen-bond acceptors (Lipinski definition) is 4. The van der Waals surface area contributed by atoms with Crippen LogP contribution in [0.2, 0.25) is 0 Å². The van der Waals surface area contributed by atoms with Crippen molar-refractivity contribution in [2.24, 2.45) is 10.4 Å². The predicted octanol–water partition coefficient (Wildman–Crippen LogP) is 4.06. The van der Waals surface area contributed by atoms with Gasteiger partial charge in [0.25, 0.3) is 0 Å². The van der Waals surface area contributed by atoms with Crippen molar-refractivity contribution in [3.8, 4) is 0 Å². The fraction of sp³-hybridized carbons (Fsp3) is 0.375. The zero-order valence-electron chi connectivity index (χ0n) is 13.0. The molecule has 0 amide bonds. The highest BCUT2D eigenvalue weighted by molar-refractivity contribution is 9.09. The van der Waals surface area contributed by atoms with Crippen LogP contribution in [0.1, 0.15) is 34.1 Å². The first-order valence-electron chi connectivity index (χ1n) is 7.52. The molecular weight excluding hydrogens is 440 g/mol. The highest BCUT2D eigenvalue weighted by Crippen LogP contribution is 2.23. The number of hydrogen-bond donors (Lipinski definition) is 0. The van der Waals surface area contributed by atoms with E-state index < -0.39 is 0 Å². The molecule has 2 rings (SSSR count). The van der Waals surface area contributed by atoms with Crippen molar-refractivity contribution in [3.05, 3.63) is 70.0 Å². The van der Waals surface area contributed by atoms with Crippen LogP contribution in [0, 0.1) is 9.81 Å². The number of nitrogens with zero attached hydrogens (tertiary/aromatic N) is 4. The summed E-state index contributed by atoms with van der Waals surface area (Å²) in [5, 5.41) is 5.96. The van der Waals surface area contributed by atoms with Gasteiger partial charge in [0.15, 0.2) is 25.5 Å². The average molecular weight is 458 g/mol. The quantitative estimate of drug-likeness (QED) is 0.323. The number of nitroso groups, excluding NO2 is 2. The normalized spacial score (nSPS) is 13.2. The molecule has 0 radical (unpaired) electrons. The minimum atomic E-state index is 0.0486. The number of alkyl halides is 2. The molecule has 2 aromatic heterocycles. The van der Waals surface area contributed by atoms with Gasteiger partial charge in [-0.1, -0.05) is 22.5 Å². The molecule has 0 aliphatic carbocycles. The molecule has 2 heterocycles. The van der Waals surface area contributed by atoms with Crippen molar-refractivity contribution in [3.63, 3.8) is 0 Å². The van der Waals surface area contributed by atoms with Crippen LogP contribution in [0.15, 0.2) is 59.1 Å². The van der Waals surface area contributed by atoms with Gasteiger partial charge in [0.05, 0.1) is 0 Å². The van der Waals surface area contributed by atoms with Crippen molar-refractivity contribution >= 4 is 31.9 Å². The summed E-state index contributed by atoms with van der Waals surface area (Å²) < 4.78 is 4.01. The molecule has 126 valence electrons. The third-order valence-electron chi connectivity index (χ3n) is 3.66. The molecule has 0 saturated heterocycles. The monoisotopic (exact) mass is 456 g/mol. The van der Waals surface area contributed by atoms with Crippen molar-refractivity contribution < 1.29 is 9.13 Å². The molecule has 0 aliphatic rings. The average Bonchev–Trinajstić information content (AvgIpc) is 2.61. The van der Waals surface area contributed by atoms with E-state index in [4.69, 9.17) is 0 Å². The second kappa shape index (κ2) is 9.68. The first-order chi connectivity index (χ1) is 11.7. The Morgan fingerprint density at radius 2 is 1.21 bits per heavy atom. The molecule has 0 N–H and O–H groups in total. The zero-order valence-corrected chi connectivity index (χ0v) is 16.1. The van der Waals surface area contributed by atoms with Gasteiger partial charge in [-0.15, -0.1) is 0 Å². The van der Waals surface area contributed by atoms with E-state index in [9.17, 15) is 9.81 Å². The van der Waals surface area contributed by atoms with Gasteiger partial charge in [-0.2, -0.15) is 18.9 Å². The lowest BCUT2D eigenvalue weighted by atomic mass is 10.2. The standard InChI is InChI=1S/C16H18Br2N4O2/c17-15(21-9-3-1-5-13(21)11-19-23)7-8-16(18)22-10-4-2-6-14(22)12-20-24/h1-6,9-10,15-16H,7-8,11-12H2/q+2. The molecule has 24 heavy (non-hydrogen) atoms. The lowest BCUT2D eigenvalue weighted by Gasteiger charge is -2.11. The Morgan fingerprint density at radius 3 is 1.58 bits per heavy atom. The molecule has 0 fully saturated rings. The minimum absolute atomic E-state index is 0.0486. The van der Waals surface area contributed by atoms with Crippen LogP contribution in [-0.4, -0.2) is 0 Å². The predicted molar refractivity (Wildman–Crippen MR) is 97.4 cm³/mol.